The average Bonchev–Trinajstić information content (AvgIpc) is 2.18. The van der Waals surface area contributed by atoms with Gasteiger partial charge >= 0.3 is 0 Å². The van der Waals surface area contributed by atoms with E-state index in [2.05, 4.69) is 37.9 Å². The Kier molecular flexibility index (Phi) is 5.07. The van der Waals surface area contributed by atoms with Crippen molar-refractivity contribution in [2.24, 2.45) is 0 Å². The Labute approximate surface area is 95.4 Å². The van der Waals surface area contributed by atoms with Crippen LogP contribution in [0.3, 0.4) is 0 Å². The summed E-state index contributed by atoms with van der Waals surface area (Å²) in [4.78, 5) is 2.61. The van der Waals surface area contributed by atoms with E-state index in [9.17, 15) is 0 Å². The van der Waals surface area contributed by atoms with Crippen molar-refractivity contribution in [2.75, 3.05) is 19.6 Å². The first kappa shape index (κ1) is 13.0. The molecule has 0 spiro atoms. The fourth-order valence-electron chi connectivity index (χ4n) is 2.51. The summed E-state index contributed by atoms with van der Waals surface area (Å²) in [5.41, 5.74) is 0.359. The molecule has 0 aliphatic carbocycles. The molecule has 1 atom stereocenters. The molecule has 0 radical (unpaired) electrons. The molecule has 1 saturated heterocycles. The SMILES string of the molecule is CCCN(CC1(C)CCCCN1)C(C)C. The Morgan fingerprint density at radius 1 is 1.33 bits per heavy atom. The van der Waals surface area contributed by atoms with Crippen molar-refractivity contribution in [1.82, 2.24) is 10.2 Å². The van der Waals surface area contributed by atoms with Gasteiger partial charge in [0.2, 0.25) is 0 Å². The van der Waals surface area contributed by atoms with Gasteiger partial charge in [-0.15, -0.1) is 0 Å². The molecule has 1 N–H and O–H groups in total. The summed E-state index contributed by atoms with van der Waals surface area (Å²) in [7, 11) is 0. The van der Waals surface area contributed by atoms with Crippen LogP contribution in [0.2, 0.25) is 0 Å². The monoisotopic (exact) mass is 212 g/mol. The van der Waals surface area contributed by atoms with Crippen LogP contribution in [0.15, 0.2) is 0 Å². The van der Waals surface area contributed by atoms with Gasteiger partial charge in [0.15, 0.2) is 0 Å². The number of piperidine rings is 1. The van der Waals surface area contributed by atoms with Gasteiger partial charge in [-0.3, -0.25) is 4.90 Å². The van der Waals surface area contributed by atoms with E-state index in [4.69, 9.17) is 0 Å². The molecule has 0 aromatic heterocycles. The highest BCUT2D eigenvalue weighted by atomic mass is 15.2. The second kappa shape index (κ2) is 5.86. The Morgan fingerprint density at radius 3 is 2.53 bits per heavy atom. The summed E-state index contributed by atoms with van der Waals surface area (Å²) >= 11 is 0. The lowest BCUT2D eigenvalue weighted by Gasteiger charge is -2.40. The first-order chi connectivity index (χ1) is 7.07. The number of hydrogen-bond acceptors (Lipinski definition) is 2. The van der Waals surface area contributed by atoms with Crippen LogP contribution in [0.1, 0.15) is 53.4 Å². The summed E-state index contributed by atoms with van der Waals surface area (Å²) in [6.45, 7) is 12.9. The van der Waals surface area contributed by atoms with Crippen LogP contribution in [0.5, 0.6) is 0 Å². The maximum atomic E-state index is 3.70. The Balaban J connectivity index is 2.47. The molecule has 0 aromatic carbocycles. The van der Waals surface area contributed by atoms with E-state index in [0.29, 0.717) is 11.6 Å². The van der Waals surface area contributed by atoms with Crippen molar-refractivity contribution in [3.8, 4) is 0 Å². The predicted molar refractivity (Wildman–Crippen MR) is 67.3 cm³/mol. The summed E-state index contributed by atoms with van der Waals surface area (Å²) in [5, 5.41) is 3.70. The summed E-state index contributed by atoms with van der Waals surface area (Å²) in [6.07, 6.45) is 5.33. The standard InChI is InChI=1S/C13H28N2/c1-5-10-15(12(2)3)11-13(4)8-6-7-9-14-13/h12,14H,5-11H2,1-4H3. The predicted octanol–water partition coefficient (Wildman–Crippen LogP) is 2.64. The Hall–Kier alpha value is -0.0800. The minimum atomic E-state index is 0.359. The Bertz CT molecular complexity index is 171. The quantitative estimate of drug-likeness (QED) is 0.753. The van der Waals surface area contributed by atoms with Crippen molar-refractivity contribution < 1.29 is 0 Å². The van der Waals surface area contributed by atoms with Gasteiger partial charge in [0, 0.05) is 18.1 Å². The highest BCUT2D eigenvalue weighted by molar-refractivity contribution is 4.90. The van der Waals surface area contributed by atoms with Crippen LogP contribution < -0.4 is 5.32 Å². The van der Waals surface area contributed by atoms with Crippen LogP contribution in [0, 0.1) is 0 Å². The molecule has 1 unspecified atom stereocenters. The molecule has 1 fully saturated rings. The van der Waals surface area contributed by atoms with Crippen molar-refractivity contribution in [2.45, 2.75) is 65.0 Å². The van der Waals surface area contributed by atoms with Crippen LogP contribution in [0.4, 0.5) is 0 Å². The molecule has 1 rings (SSSR count). The molecule has 1 aliphatic rings. The fourth-order valence-corrected chi connectivity index (χ4v) is 2.51. The molecule has 0 aromatic rings. The van der Waals surface area contributed by atoms with Gasteiger partial charge in [0.25, 0.3) is 0 Å². The zero-order valence-corrected chi connectivity index (χ0v) is 11.0. The minimum absolute atomic E-state index is 0.359. The smallest absolute Gasteiger partial charge is 0.0280 e. The third-order valence-corrected chi connectivity index (χ3v) is 3.50. The van der Waals surface area contributed by atoms with Crippen molar-refractivity contribution in [1.29, 1.82) is 0 Å². The molecule has 1 heterocycles. The first-order valence-electron chi connectivity index (χ1n) is 6.56. The topological polar surface area (TPSA) is 15.3 Å². The van der Waals surface area contributed by atoms with E-state index in [1.807, 2.05) is 0 Å². The summed E-state index contributed by atoms with van der Waals surface area (Å²) in [6, 6.07) is 0.672. The van der Waals surface area contributed by atoms with Crippen molar-refractivity contribution >= 4 is 0 Å². The van der Waals surface area contributed by atoms with Crippen LogP contribution >= 0.6 is 0 Å². The number of nitrogens with zero attached hydrogens (tertiary/aromatic N) is 1. The van der Waals surface area contributed by atoms with Crippen LogP contribution in [-0.2, 0) is 0 Å². The molecule has 0 amide bonds. The highest BCUT2D eigenvalue weighted by Crippen LogP contribution is 2.20. The molecule has 0 saturated carbocycles. The van der Waals surface area contributed by atoms with E-state index in [-0.39, 0.29) is 0 Å². The first-order valence-corrected chi connectivity index (χ1v) is 6.56. The van der Waals surface area contributed by atoms with E-state index < -0.39 is 0 Å². The minimum Gasteiger partial charge on any atom is -0.310 e. The van der Waals surface area contributed by atoms with Crippen LogP contribution in [0.25, 0.3) is 0 Å². The molecule has 1 aliphatic heterocycles. The average molecular weight is 212 g/mol. The van der Waals surface area contributed by atoms with Crippen molar-refractivity contribution in [3.63, 3.8) is 0 Å². The maximum absolute atomic E-state index is 3.70. The van der Waals surface area contributed by atoms with E-state index in [0.717, 1.165) is 0 Å². The lowest BCUT2D eigenvalue weighted by Crippen LogP contribution is -2.55. The van der Waals surface area contributed by atoms with E-state index >= 15 is 0 Å². The van der Waals surface area contributed by atoms with Gasteiger partial charge < -0.3 is 5.32 Å². The molecular formula is C13H28N2. The number of hydrogen-bond donors (Lipinski definition) is 1. The summed E-state index contributed by atoms with van der Waals surface area (Å²) < 4.78 is 0. The number of rotatable bonds is 5. The normalized spacial score (nSPS) is 27.6. The molecule has 15 heavy (non-hydrogen) atoms. The molecule has 2 nitrogen and oxygen atoms in total. The van der Waals surface area contributed by atoms with Crippen LogP contribution in [-0.4, -0.2) is 36.1 Å². The molecule has 2 heteroatoms. The largest absolute Gasteiger partial charge is 0.310 e. The number of nitrogens with one attached hydrogen (secondary N) is 1. The maximum Gasteiger partial charge on any atom is 0.0280 e. The lowest BCUT2D eigenvalue weighted by molar-refractivity contribution is 0.136. The third kappa shape index (κ3) is 4.12. The lowest BCUT2D eigenvalue weighted by atomic mass is 9.90. The van der Waals surface area contributed by atoms with Gasteiger partial charge in [0.05, 0.1) is 0 Å². The van der Waals surface area contributed by atoms with E-state index in [1.54, 1.807) is 0 Å². The Morgan fingerprint density at radius 2 is 2.07 bits per heavy atom. The summed E-state index contributed by atoms with van der Waals surface area (Å²) in [5.74, 6) is 0. The second-order valence-corrected chi connectivity index (χ2v) is 5.51. The van der Waals surface area contributed by atoms with Crippen molar-refractivity contribution in [3.05, 3.63) is 0 Å². The third-order valence-electron chi connectivity index (χ3n) is 3.50. The van der Waals surface area contributed by atoms with Gasteiger partial charge in [0.1, 0.15) is 0 Å². The van der Waals surface area contributed by atoms with Gasteiger partial charge in [-0.2, -0.15) is 0 Å². The molecule has 90 valence electrons. The van der Waals surface area contributed by atoms with Gasteiger partial charge in [-0.1, -0.05) is 13.3 Å². The van der Waals surface area contributed by atoms with Gasteiger partial charge in [-0.25, -0.2) is 0 Å². The van der Waals surface area contributed by atoms with Gasteiger partial charge in [-0.05, 0) is 53.1 Å². The highest BCUT2D eigenvalue weighted by Gasteiger charge is 2.28. The second-order valence-electron chi connectivity index (χ2n) is 5.51. The fraction of sp³-hybridized carbons (Fsp3) is 1.00. The van der Waals surface area contributed by atoms with E-state index in [1.165, 1.54) is 45.3 Å². The molecule has 0 bridgehead atoms. The molecular weight excluding hydrogens is 184 g/mol. The zero-order valence-electron chi connectivity index (χ0n) is 11.0. The zero-order chi connectivity index (χ0) is 11.3.